The summed E-state index contributed by atoms with van der Waals surface area (Å²) < 4.78 is 0. The molecule has 0 saturated carbocycles. The molecular weight excluding hydrogens is 212 g/mol. The Morgan fingerprint density at radius 2 is 2.24 bits per heavy atom. The van der Waals surface area contributed by atoms with Crippen molar-refractivity contribution >= 4 is 5.95 Å². The molecule has 2 heterocycles. The van der Waals surface area contributed by atoms with Crippen LogP contribution in [0.2, 0.25) is 0 Å². The highest BCUT2D eigenvalue weighted by molar-refractivity contribution is 5.35. The highest BCUT2D eigenvalue weighted by Crippen LogP contribution is 2.26. The minimum atomic E-state index is 0.555. The smallest absolute Gasteiger partial charge is 0.225 e. The van der Waals surface area contributed by atoms with Crippen molar-refractivity contribution in [3.8, 4) is 0 Å². The Labute approximate surface area is 103 Å². The first-order valence-electron chi connectivity index (χ1n) is 6.35. The average molecular weight is 234 g/mol. The summed E-state index contributed by atoms with van der Waals surface area (Å²) in [6.07, 6.45) is 3.19. The molecule has 0 spiro atoms. The predicted molar refractivity (Wildman–Crippen MR) is 70.1 cm³/mol. The molecule has 0 bridgehead atoms. The largest absolute Gasteiger partial charge is 0.338 e. The molecule has 1 aliphatic rings. The maximum absolute atomic E-state index is 4.63. The van der Waals surface area contributed by atoms with Crippen LogP contribution in [-0.4, -0.2) is 29.6 Å². The summed E-state index contributed by atoms with van der Waals surface area (Å²) in [5.74, 6) is 1.63. The Hall–Kier alpha value is -1.16. The van der Waals surface area contributed by atoms with Crippen LogP contribution >= 0.6 is 0 Å². The lowest BCUT2D eigenvalue weighted by Crippen LogP contribution is -2.29. The molecule has 1 aromatic rings. The summed E-state index contributed by atoms with van der Waals surface area (Å²) in [5.41, 5.74) is 2.26. The first-order chi connectivity index (χ1) is 8.11. The first-order valence-corrected chi connectivity index (χ1v) is 6.35. The molecule has 2 rings (SSSR count). The van der Waals surface area contributed by atoms with Gasteiger partial charge >= 0.3 is 0 Å². The van der Waals surface area contributed by atoms with Crippen LogP contribution in [-0.2, 0) is 6.54 Å². The van der Waals surface area contributed by atoms with Crippen LogP contribution < -0.4 is 10.2 Å². The average Bonchev–Trinajstić information content (AvgIpc) is 2.61. The molecule has 1 N–H and O–H groups in total. The highest BCUT2D eigenvalue weighted by atomic mass is 15.3. The molecule has 4 heteroatoms. The van der Waals surface area contributed by atoms with Gasteiger partial charge in [-0.2, -0.15) is 0 Å². The lowest BCUT2D eigenvalue weighted by molar-refractivity contribution is 0.624. The van der Waals surface area contributed by atoms with E-state index >= 15 is 0 Å². The number of nitrogens with one attached hydrogen (secondary N) is 1. The van der Waals surface area contributed by atoms with Gasteiger partial charge in [-0.25, -0.2) is 9.97 Å². The van der Waals surface area contributed by atoms with Crippen molar-refractivity contribution in [2.75, 3.05) is 18.5 Å². The number of anilines is 1. The second-order valence-corrected chi connectivity index (χ2v) is 5.15. The van der Waals surface area contributed by atoms with E-state index in [-0.39, 0.29) is 0 Å². The van der Waals surface area contributed by atoms with Gasteiger partial charge in [-0.3, -0.25) is 0 Å². The van der Waals surface area contributed by atoms with E-state index in [1.54, 1.807) is 0 Å². The maximum atomic E-state index is 4.63. The fraction of sp³-hybridized carbons (Fsp3) is 0.692. The third-order valence-corrected chi connectivity index (χ3v) is 3.48. The molecule has 17 heavy (non-hydrogen) atoms. The quantitative estimate of drug-likeness (QED) is 0.865. The minimum absolute atomic E-state index is 0.555. The van der Waals surface area contributed by atoms with E-state index in [1.807, 2.05) is 13.2 Å². The third kappa shape index (κ3) is 2.57. The van der Waals surface area contributed by atoms with Crippen LogP contribution in [0.5, 0.6) is 0 Å². The molecule has 0 amide bonds. The van der Waals surface area contributed by atoms with Crippen molar-refractivity contribution in [3.05, 3.63) is 17.5 Å². The van der Waals surface area contributed by atoms with E-state index in [2.05, 4.69) is 41.0 Å². The summed E-state index contributed by atoms with van der Waals surface area (Å²) in [6.45, 7) is 8.51. The Balaban J connectivity index is 2.20. The molecule has 4 nitrogen and oxygen atoms in total. The normalized spacial score (nSPS) is 24.4. The molecule has 1 saturated heterocycles. The Morgan fingerprint density at radius 3 is 2.76 bits per heavy atom. The molecule has 2 atom stereocenters. The fourth-order valence-electron chi connectivity index (χ4n) is 2.56. The van der Waals surface area contributed by atoms with E-state index in [0.29, 0.717) is 6.04 Å². The second-order valence-electron chi connectivity index (χ2n) is 5.15. The van der Waals surface area contributed by atoms with Gasteiger partial charge in [-0.15, -0.1) is 0 Å². The van der Waals surface area contributed by atoms with Gasteiger partial charge in [0.1, 0.15) is 0 Å². The number of aryl methyl sites for hydroxylation is 1. The maximum Gasteiger partial charge on any atom is 0.225 e. The Morgan fingerprint density at radius 1 is 1.47 bits per heavy atom. The number of hydrogen-bond acceptors (Lipinski definition) is 4. The molecule has 94 valence electrons. The summed E-state index contributed by atoms with van der Waals surface area (Å²) in [4.78, 5) is 11.5. The lowest BCUT2D eigenvalue weighted by atomic mass is 10.1. The predicted octanol–water partition coefficient (Wildman–Crippen LogP) is 1.74. The second kappa shape index (κ2) is 5.00. The van der Waals surface area contributed by atoms with Gasteiger partial charge in [0.25, 0.3) is 0 Å². The standard InChI is InChI=1S/C13H22N4/c1-9-5-10(2)17(8-9)13-15-7-12(6-14-4)11(3)16-13/h7,9-10,14H,5-6,8H2,1-4H3. The minimum Gasteiger partial charge on any atom is -0.338 e. The zero-order chi connectivity index (χ0) is 12.4. The van der Waals surface area contributed by atoms with Gasteiger partial charge in [0, 0.05) is 36.6 Å². The van der Waals surface area contributed by atoms with Crippen LogP contribution in [0.3, 0.4) is 0 Å². The van der Waals surface area contributed by atoms with Crippen LogP contribution in [0.4, 0.5) is 5.95 Å². The Bertz CT molecular complexity index is 391. The van der Waals surface area contributed by atoms with E-state index in [4.69, 9.17) is 0 Å². The summed E-state index contributed by atoms with van der Waals surface area (Å²) >= 11 is 0. The highest BCUT2D eigenvalue weighted by Gasteiger charge is 2.28. The van der Waals surface area contributed by atoms with E-state index in [0.717, 1.165) is 30.6 Å². The third-order valence-electron chi connectivity index (χ3n) is 3.48. The van der Waals surface area contributed by atoms with Crippen molar-refractivity contribution < 1.29 is 0 Å². The van der Waals surface area contributed by atoms with Gasteiger partial charge < -0.3 is 10.2 Å². The van der Waals surface area contributed by atoms with Crippen LogP contribution in [0.15, 0.2) is 6.20 Å². The van der Waals surface area contributed by atoms with Crippen molar-refractivity contribution in [2.24, 2.45) is 5.92 Å². The van der Waals surface area contributed by atoms with Crippen molar-refractivity contribution in [1.82, 2.24) is 15.3 Å². The van der Waals surface area contributed by atoms with Gasteiger partial charge in [0.2, 0.25) is 5.95 Å². The van der Waals surface area contributed by atoms with Gasteiger partial charge in [-0.05, 0) is 33.2 Å². The lowest BCUT2D eigenvalue weighted by Gasteiger charge is -2.22. The monoisotopic (exact) mass is 234 g/mol. The topological polar surface area (TPSA) is 41.1 Å². The van der Waals surface area contributed by atoms with E-state index < -0.39 is 0 Å². The van der Waals surface area contributed by atoms with Crippen LogP contribution in [0.25, 0.3) is 0 Å². The van der Waals surface area contributed by atoms with E-state index in [1.165, 1.54) is 12.0 Å². The van der Waals surface area contributed by atoms with Crippen LogP contribution in [0.1, 0.15) is 31.5 Å². The molecular formula is C13H22N4. The van der Waals surface area contributed by atoms with Gasteiger partial charge in [0.15, 0.2) is 0 Å². The molecule has 1 aliphatic heterocycles. The molecule has 0 aliphatic carbocycles. The zero-order valence-corrected chi connectivity index (χ0v) is 11.2. The fourth-order valence-corrected chi connectivity index (χ4v) is 2.56. The summed E-state index contributed by atoms with van der Waals surface area (Å²) in [7, 11) is 1.94. The van der Waals surface area contributed by atoms with E-state index in [9.17, 15) is 0 Å². The number of nitrogens with zero attached hydrogens (tertiary/aromatic N) is 3. The van der Waals surface area contributed by atoms with Crippen molar-refractivity contribution in [3.63, 3.8) is 0 Å². The van der Waals surface area contributed by atoms with Crippen LogP contribution in [0, 0.1) is 12.8 Å². The molecule has 0 aromatic carbocycles. The van der Waals surface area contributed by atoms with Gasteiger partial charge in [0.05, 0.1) is 0 Å². The van der Waals surface area contributed by atoms with Crippen molar-refractivity contribution in [2.45, 2.75) is 39.8 Å². The molecule has 1 fully saturated rings. The molecule has 2 unspecified atom stereocenters. The Kier molecular flexibility index (Phi) is 3.62. The molecule has 1 aromatic heterocycles. The number of rotatable bonds is 3. The summed E-state index contributed by atoms with van der Waals surface area (Å²) in [5, 5.41) is 3.14. The molecule has 0 radical (unpaired) electrons. The van der Waals surface area contributed by atoms with Crippen molar-refractivity contribution in [1.29, 1.82) is 0 Å². The first kappa shape index (κ1) is 12.3. The zero-order valence-electron chi connectivity index (χ0n) is 11.2. The summed E-state index contributed by atoms with van der Waals surface area (Å²) in [6, 6.07) is 0.555. The van der Waals surface area contributed by atoms with Gasteiger partial charge in [-0.1, -0.05) is 6.92 Å². The number of aromatic nitrogens is 2. The number of hydrogen-bond donors (Lipinski definition) is 1. The SMILES string of the molecule is CNCc1cnc(N2CC(C)CC2C)nc1C.